The third kappa shape index (κ3) is 3.43. The molecule has 2 heterocycles. The third-order valence-corrected chi connectivity index (χ3v) is 6.27. The minimum absolute atomic E-state index is 0.766. The maximum absolute atomic E-state index is 6.10. The van der Waals surface area contributed by atoms with Gasteiger partial charge in [0.15, 0.2) is 0 Å². The summed E-state index contributed by atoms with van der Waals surface area (Å²) in [5.74, 6) is 0.829. The molecule has 0 radical (unpaired) electrons. The van der Waals surface area contributed by atoms with E-state index in [-0.39, 0.29) is 0 Å². The Hall–Kier alpha value is -1.88. The Morgan fingerprint density at radius 1 is 1.04 bits per heavy atom. The van der Waals surface area contributed by atoms with Crippen LogP contribution in [-0.2, 0) is 5.75 Å². The number of thioether (sulfide) groups is 1. The zero-order valence-electron chi connectivity index (χ0n) is 13.6. The van der Waals surface area contributed by atoms with Crippen LogP contribution >= 0.6 is 34.7 Å². The number of nitrogens with zero attached hydrogens (tertiary/aromatic N) is 2. The highest BCUT2D eigenvalue weighted by atomic mass is 35.5. The molecule has 0 amide bonds. The molecule has 0 atom stereocenters. The minimum Gasteiger partial charge on any atom is -0.229 e. The molecule has 0 saturated carbocycles. The molecule has 5 heteroatoms. The van der Waals surface area contributed by atoms with E-state index in [9.17, 15) is 0 Å². The Morgan fingerprint density at radius 3 is 2.68 bits per heavy atom. The number of aromatic nitrogens is 2. The fourth-order valence-corrected chi connectivity index (χ4v) is 5.10. The number of benzene rings is 2. The van der Waals surface area contributed by atoms with E-state index in [1.54, 1.807) is 29.4 Å². The van der Waals surface area contributed by atoms with Gasteiger partial charge >= 0.3 is 0 Å². The van der Waals surface area contributed by atoms with Crippen molar-refractivity contribution in [2.75, 3.05) is 0 Å². The topological polar surface area (TPSA) is 25.8 Å². The summed E-state index contributed by atoms with van der Waals surface area (Å²) < 4.78 is 0. The minimum atomic E-state index is 0.766. The molecule has 124 valence electrons. The number of thiophene rings is 1. The van der Waals surface area contributed by atoms with Gasteiger partial charge in [-0.3, -0.25) is 0 Å². The molecule has 25 heavy (non-hydrogen) atoms. The van der Waals surface area contributed by atoms with E-state index in [4.69, 9.17) is 11.6 Å². The second-order valence-electron chi connectivity index (χ2n) is 5.68. The van der Waals surface area contributed by atoms with Crippen LogP contribution in [0.3, 0.4) is 0 Å². The predicted molar refractivity (Wildman–Crippen MR) is 109 cm³/mol. The van der Waals surface area contributed by atoms with E-state index in [2.05, 4.69) is 47.2 Å². The van der Waals surface area contributed by atoms with Gasteiger partial charge in [0.2, 0.25) is 0 Å². The first-order valence-electron chi connectivity index (χ1n) is 7.89. The first kappa shape index (κ1) is 16.6. The zero-order chi connectivity index (χ0) is 17.2. The van der Waals surface area contributed by atoms with Gasteiger partial charge < -0.3 is 0 Å². The lowest BCUT2D eigenvalue weighted by Crippen LogP contribution is -1.88. The quantitative estimate of drug-likeness (QED) is 0.293. The zero-order valence-corrected chi connectivity index (χ0v) is 16.0. The smallest absolute Gasteiger partial charge is 0.128 e. The van der Waals surface area contributed by atoms with Gasteiger partial charge in [0, 0.05) is 21.2 Å². The highest BCUT2D eigenvalue weighted by Gasteiger charge is 2.16. The molecule has 2 aromatic carbocycles. The average molecular weight is 383 g/mol. The first-order valence-corrected chi connectivity index (χ1v) is 10.1. The van der Waals surface area contributed by atoms with Crippen molar-refractivity contribution in [1.82, 2.24) is 9.97 Å². The fraction of sp³-hybridized carbons (Fsp3) is 0.100. The number of rotatable bonds is 4. The number of hydrogen-bond donors (Lipinski definition) is 0. The van der Waals surface area contributed by atoms with Gasteiger partial charge in [-0.25, -0.2) is 9.97 Å². The van der Waals surface area contributed by atoms with Crippen molar-refractivity contribution in [1.29, 1.82) is 0 Å². The maximum Gasteiger partial charge on any atom is 0.128 e. The van der Waals surface area contributed by atoms with Gasteiger partial charge in [0.25, 0.3) is 0 Å². The summed E-state index contributed by atoms with van der Waals surface area (Å²) in [5, 5.41) is 2.94. The molecule has 0 aliphatic carbocycles. The molecular weight excluding hydrogens is 368 g/mol. The normalized spacial score (nSPS) is 11.1. The van der Waals surface area contributed by atoms with Crippen molar-refractivity contribution < 1.29 is 0 Å². The molecule has 2 nitrogen and oxygen atoms in total. The van der Waals surface area contributed by atoms with Crippen molar-refractivity contribution in [2.24, 2.45) is 0 Å². The molecule has 4 aromatic rings. The summed E-state index contributed by atoms with van der Waals surface area (Å²) in [7, 11) is 0. The summed E-state index contributed by atoms with van der Waals surface area (Å²) in [6.07, 6.45) is 1.66. The summed E-state index contributed by atoms with van der Waals surface area (Å²) in [4.78, 5) is 11.4. The van der Waals surface area contributed by atoms with Crippen LogP contribution in [0.1, 0.15) is 10.4 Å². The molecule has 4 rings (SSSR count). The Morgan fingerprint density at radius 2 is 1.88 bits per heavy atom. The highest BCUT2D eigenvalue weighted by molar-refractivity contribution is 7.98. The van der Waals surface area contributed by atoms with Crippen LogP contribution in [0, 0.1) is 6.92 Å². The van der Waals surface area contributed by atoms with Crippen LogP contribution in [-0.4, -0.2) is 9.97 Å². The molecule has 0 unspecified atom stereocenters. The lowest BCUT2D eigenvalue weighted by atomic mass is 10.0. The maximum atomic E-state index is 6.10. The fourth-order valence-electron chi connectivity index (χ4n) is 2.86. The van der Waals surface area contributed by atoms with Crippen molar-refractivity contribution in [2.45, 2.75) is 17.7 Å². The lowest BCUT2D eigenvalue weighted by Gasteiger charge is -2.06. The average Bonchev–Trinajstić information content (AvgIpc) is 2.97. The molecular formula is C20H15ClN2S2. The van der Waals surface area contributed by atoms with Crippen LogP contribution in [0.2, 0.25) is 5.02 Å². The van der Waals surface area contributed by atoms with Crippen molar-refractivity contribution >= 4 is 44.9 Å². The Bertz CT molecular complexity index is 1030. The second kappa shape index (κ2) is 7.16. The molecule has 0 spiro atoms. The molecule has 0 aliphatic rings. The van der Waals surface area contributed by atoms with Crippen molar-refractivity contribution in [3.05, 3.63) is 76.4 Å². The van der Waals surface area contributed by atoms with Crippen LogP contribution in [0.5, 0.6) is 0 Å². The molecule has 0 bridgehead atoms. The molecule has 0 N–H and O–H groups in total. The van der Waals surface area contributed by atoms with E-state index in [0.717, 1.165) is 26.0 Å². The summed E-state index contributed by atoms with van der Waals surface area (Å²) in [6, 6.07) is 18.4. The Balaban J connectivity index is 1.77. The van der Waals surface area contributed by atoms with E-state index >= 15 is 0 Å². The van der Waals surface area contributed by atoms with Crippen LogP contribution in [0.15, 0.2) is 66.0 Å². The highest BCUT2D eigenvalue weighted by Crippen LogP contribution is 2.41. The number of aryl methyl sites for hydroxylation is 1. The largest absolute Gasteiger partial charge is 0.229 e. The van der Waals surface area contributed by atoms with Gasteiger partial charge in [-0.05, 0) is 30.2 Å². The van der Waals surface area contributed by atoms with Gasteiger partial charge in [-0.15, -0.1) is 23.1 Å². The monoisotopic (exact) mass is 382 g/mol. The second-order valence-corrected chi connectivity index (χ2v) is 8.28. The number of fused-ring (bicyclic) bond motifs is 1. The van der Waals surface area contributed by atoms with Gasteiger partial charge in [-0.1, -0.05) is 54.1 Å². The SMILES string of the molecule is Cc1sc2ncnc(SCc3cccc(Cl)c3)c2c1-c1ccccc1. The standard InChI is InChI=1S/C20H15ClN2S2/c1-13-17(15-7-3-2-4-8-15)18-19(22-12-23-20(18)25-13)24-11-14-6-5-9-16(21)10-14/h2-10,12H,11H2,1H3. The molecule has 0 aliphatic heterocycles. The Labute approximate surface area is 159 Å². The molecule has 0 saturated heterocycles. The Kier molecular flexibility index (Phi) is 4.75. The molecule has 2 aromatic heterocycles. The van der Waals surface area contributed by atoms with Gasteiger partial charge in [0.05, 0.1) is 5.39 Å². The van der Waals surface area contributed by atoms with Crippen LogP contribution < -0.4 is 0 Å². The van der Waals surface area contributed by atoms with Gasteiger partial charge in [0.1, 0.15) is 16.2 Å². The van der Waals surface area contributed by atoms with E-state index in [1.165, 1.54) is 21.6 Å². The van der Waals surface area contributed by atoms with Crippen molar-refractivity contribution in [3.8, 4) is 11.1 Å². The third-order valence-electron chi connectivity index (χ3n) is 3.96. The summed E-state index contributed by atoms with van der Waals surface area (Å²) in [6.45, 7) is 2.15. The van der Waals surface area contributed by atoms with Crippen LogP contribution in [0.25, 0.3) is 21.3 Å². The molecule has 0 fully saturated rings. The summed E-state index contributed by atoms with van der Waals surface area (Å²) >= 11 is 9.55. The van der Waals surface area contributed by atoms with E-state index in [0.29, 0.717) is 0 Å². The van der Waals surface area contributed by atoms with E-state index in [1.807, 2.05) is 24.3 Å². The van der Waals surface area contributed by atoms with Gasteiger partial charge in [-0.2, -0.15) is 0 Å². The van der Waals surface area contributed by atoms with Crippen molar-refractivity contribution in [3.63, 3.8) is 0 Å². The van der Waals surface area contributed by atoms with E-state index < -0.39 is 0 Å². The first-order chi connectivity index (χ1) is 12.2. The predicted octanol–water partition coefficient (Wildman–Crippen LogP) is 6.61. The lowest BCUT2D eigenvalue weighted by molar-refractivity contribution is 1.11. The number of halogens is 1. The summed E-state index contributed by atoms with van der Waals surface area (Å²) in [5.41, 5.74) is 3.65. The number of hydrogen-bond acceptors (Lipinski definition) is 4. The van der Waals surface area contributed by atoms with Crippen LogP contribution in [0.4, 0.5) is 0 Å².